The van der Waals surface area contributed by atoms with Gasteiger partial charge in [0.05, 0.1) is 6.61 Å². The smallest absolute Gasteiger partial charge is 0.387 e. The molecule has 1 aliphatic rings. The molecular weight excluding hydrogens is 431 g/mol. The van der Waals surface area contributed by atoms with E-state index in [0.717, 1.165) is 37.7 Å². The van der Waals surface area contributed by atoms with Crippen LogP contribution in [0.4, 0.5) is 8.78 Å². The molecule has 1 heterocycles. The van der Waals surface area contributed by atoms with Crippen LogP contribution in [-0.2, 0) is 11.3 Å². The van der Waals surface area contributed by atoms with Crippen LogP contribution in [0, 0.1) is 5.92 Å². The maximum absolute atomic E-state index is 12.2. The highest BCUT2D eigenvalue weighted by atomic mass is 127. The summed E-state index contributed by atoms with van der Waals surface area (Å²) in [7, 11) is 3.70. The summed E-state index contributed by atoms with van der Waals surface area (Å²) in [6.45, 7) is 0.147. The molecule has 0 amide bonds. The van der Waals surface area contributed by atoms with E-state index in [1.807, 2.05) is 13.1 Å². The van der Waals surface area contributed by atoms with Crippen molar-refractivity contribution < 1.29 is 18.3 Å². The SMILES string of the molecule is CN=C(NCc1cccc(OC(F)F)c1)N(C)CC1CCOC1.I. The maximum atomic E-state index is 12.2. The molecule has 5 nitrogen and oxygen atoms in total. The van der Waals surface area contributed by atoms with Crippen molar-refractivity contribution >= 4 is 29.9 Å². The zero-order valence-electron chi connectivity index (χ0n) is 13.9. The number of nitrogens with zero attached hydrogens (tertiary/aromatic N) is 2. The Kier molecular flexibility index (Phi) is 9.27. The molecule has 136 valence electrons. The van der Waals surface area contributed by atoms with E-state index < -0.39 is 6.61 Å². The van der Waals surface area contributed by atoms with Crippen LogP contribution in [0.25, 0.3) is 0 Å². The first-order valence-electron chi connectivity index (χ1n) is 7.61. The highest BCUT2D eigenvalue weighted by molar-refractivity contribution is 14.0. The molecule has 1 atom stereocenters. The van der Waals surface area contributed by atoms with Gasteiger partial charge in [-0.1, -0.05) is 12.1 Å². The molecule has 2 rings (SSSR count). The van der Waals surface area contributed by atoms with E-state index in [-0.39, 0.29) is 29.7 Å². The van der Waals surface area contributed by atoms with Gasteiger partial charge in [-0.25, -0.2) is 0 Å². The molecule has 24 heavy (non-hydrogen) atoms. The fraction of sp³-hybridized carbons (Fsp3) is 0.562. The summed E-state index contributed by atoms with van der Waals surface area (Å²) in [4.78, 5) is 6.31. The lowest BCUT2D eigenvalue weighted by Crippen LogP contribution is -2.41. The summed E-state index contributed by atoms with van der Waals surface area (Å²) in [5.41, 5.74) is 0.849. The van der Waals surface area contributed by atoms with Gasteiger partial charge in [-0.2, -0.15) is 8.78 Å². The third-order valence-electron chi connectivity index (χ3n) is 3.70. The van der Waals surface area contributed by atoms with Gasteiger partial charge in [0.25, 0.3) is 0 Å². The normalized spacial score (nSPS) is 17.5. The summed E-state index contributed by atoms with van der Waals surface area (Å²) in [6.07, 6.45) is 1.06. The molecule has 1 unspecified atom stereocenters. The second-order valence-corrected chi connectivity index (χ2v) is 5.54. The van der Waals surface area contributed by atoms with Crippen molar-refractivity contribution in [3.63, 3.8) is 0 Å². The Hall–Kier alpha value is -1.16. The molecule has 0 aliphatic carbocycles. The molecule has 1 aromatic rings. The number of nitrogens with one attached hydrogen (secondary N) is 1. The first-order chi connectivity index (χ1) is 11.1. The van der Waals surface area contributed by atoms with Crippen LogP contribution in [0.1, 0.15) is 12.0 Å². The van der Waals surface area contributed by atoms with Gasteiger partial charge in [-0.05, 0) is 24.1 Å². The fourth-order valence-corrected chi connectivity index (χ4v) is 2.60. The monoisotopic (exact) mass is 455 g/mol. The number of halogens is 3. The summed E-state index contributed by atoms with van der Waals surface area (Å²) >= 11 is 0. The lowest BCUT2D eigenvalue weighted by Gasteiger charge is -2.24. The van der Waals surface area contributed by atoms with Gasteiger partial charge in [0, 0.05) is 39.7 Å². The molecule has 0 radical (unpaired) electrons. The van der Waals surface area contributed by atoms with Crippen LogP contribution < -0.4 is 10.1 Å². The van der Waals surface area contributed by atoms with Gasteiger partial charge < -0.3 is 19.7 Å². The van der Waals surface area contributed by atoms with E-state index in [4.69, 9.17) is 4.74 Å². The van der Waals surface area contributed by atoms with E-state index in [9.17, 15) is 8.78 Å². The second kappa shape index (κ2) is 10.7. The molecule has 0 aromatic heterocycles. The molecule has 1 fully saturated rings. The third kappa shape index (κ3) is 6.76. The van der Waals surface area contributed by atoms with E-state index in [2.05, 4.69) is 19.9 Å². The fourth-order valence-electron chi connectivity index (χ4n) is 2.60. The van der Waals surface area contributed by atoms with Crippen LogP contribution in [0.5, 0.6) is 5.75 Å². The third-order valence-corrected chi connectivity index (χ3v) is 3.70. The Morgan fingerprint density at radius 1 is 1.50 bits per heavy atom. The zero-order chi connectivity index (χ0) is 16.7. The molecule has 0 bridgehead atoms. The molecule has 0 saturated carbocycles. The molecule has 0 spiro atoms. The Morgan fingerprint density at radius 2 is 2.29 bits per heavy atom. The topological polar surface area (TPSA) is 46.1 Å². The first-order valence-corrected chi connectivity index (χ1v) is 7.61. The standard InChI is InChI=1S/C16H23F2N3O2.HI/c1-19-16(21(2)10-13-6-7-22-11-13)20-9-12-4-3-5-14(8-12)23-15(17)18;/h3-5,8,13,15H,6-7,9-11H2,1-2H3,(H,19,20);1H. The minimum Gasteiger partial charge on any atom is -0.435 e. The predicted octanol–water partition coefficient (Wildman–Crippen LogP) is 2.95. The number of rotatable bonds is 6. The average molecular weight is 455 g/mol. The van der Waals surface area contributed by atoms with E-state index in [1.165, 1.54) is 6.07 Å². The van der Waals surface area contributed by atoms with Gasteiger partial charge in [0.2, 0.25) is 0 Å². The average Bonchev–Trinajstić information content (AvgIpc) is 3.00. The van der Waals surface area contributed by atoms with Crippen molar-refractivity contribution in [3.8, 4) is 5.75 Å². The Labute approximate surface area is 158 Å². The van der Waals surface area contributed by atoms with Crippen LogP contribution in [0.2, 0.25) is 0 Å². The van der Waals surface area contributed by atoms with Crippen molar-refractivity contribution in [2.45, 2.75) is 19.6 Å². The van der Waals surface area contributed by atoms with Crippen molar-refractivity contribution in [1.82, 2.24) is 10.2 Å². The van der Waals surface area contributed by atoms with Crippen LogP contribution in [0.15, 0.2) is 29.3 Å². The highest BCUT2D eigenvalue weighted by Gasteiger charge is 2.19. The Bertz CT molecular complexity index is 526. The molecule has 8 heteroatoms. The number of hydrogen-bond donors (Lipinski definition) is 1. The summed E-state index contributed by atoms with van der Waals surface area (Å²) in [5.74, 6) is 1.43. The van der Waals surface area contributed by atoms with E-state index >= 15 is 0 Å². The Balaban J connectivity index is 0.00000288. The molecular formula is C16H24F2IN3O2. The van der Waals surface area contributed by atoms with Crippen LogP contribution in [-0.4, -0.2) is 51.3 Å². The number of guanidine groups is 1. The van der Waals surface area contributed by atoms with Gasteiger partial charge in [0.1, 0.15) is 5.75 Å². The second-order valence-electron chi connectivity index (χ2n) is 5.54. The number of hydrogen-bond acceptors (Lipinski definition) is 3. The van der Waals surface area contributed by atoms with Crippen LogP contribution >= 0.6 is 24.0 Å². The number of aliphatic imine (C=N–C) groups is 1. The maximum Gasteiger partial charge on any atom is 0.387 e. The minimum absolute atomic E-state index is 0. The van der Waals surface area contributed by atoms with Gasteiger partial charge >= 0.3 is 6.61 Å². The van der Waals surface area contributed by atoms with Gasteiger partial charge in [0.15, 0.2) is 5.96 Å². The molecule has 1 aromatic carbocycles. The minimum atomic E-state index is -2.81. The van der Waals surface area contributed by atoms with Crippen LogP contribution in [0.3, 0.4) is 0 Å². The van der Waals surface area contributed by atoms with Gasteiger partial charge in [-0.15, -0.1) is 24.0 Å². The van der Waals surface area contributed by atoms with E-state index in [0.29, 0.717) is 12.5 Å². The van der Waals surface area contributed by atoms with Crippen molar-refractivity contribution in [2.75, 3.05) is 33.9 Å². The predicted molar refractivity (Wildman–Crippen MR) is 100 cm³/mol. The number of ether oxygens (including phenoxy) is 2. The summed E-state index contributed by atoms with van der Waals surface area (Å²) < 4.78 is 34.3. The van der Waals surface area contributed by atoms with Crippen molar-refractivity contribution in [3.05, 3.63) is 29.8 Å². The summed E-state index contributed by atoms with van der Waals surface area (Å²) in [5, 5.41) is 3.23. The van der Waals surface area contributed by atoms with Crippen molar-refractivity contribution in [2.24, 2.45) is 10.9 Å². The Morgan fingerprint density at radius 3 is 2.92 bits per heavy atom. The lowest BCUT2D eigenvalue weighted by atomic mass is 10.1. The quantitative estimate of drug-likeness (QED) is 0.407. The lowest BCUT2D eigenvalue weighted by molar-refractivity contribution is -0.0498. The van der Waals surface area contributed by atoms with E-state index in [1.54, 1.807) is 19.2 Å². The summed E-state index contributed by atoms with van der Waals surface area (Å²) in [6, 6.07) is 6.65. The largest absolute Gasteiger partial charge is 0.435 e. The van der Waals surface area contributed by atoms with Crippen molar-refractivity contribution in [1.29, 1.82) is 0 Å². The zero-order valence-corrected chi connectivity index (χ0v) is 16.2. The molecule has 1 saturated heterocycles. The molecule has 1 N–H and O–H groups in total. The highest BCUT2D eigenvalue weighted by Crippen LogP contribution is 2.16. The number of benzene rings is 1. The number of alkyl halides is 2. The molecule has 1 aliphatic heterocycles. The van der Waals surface area contributed by atoms with Gasteiger partial charge in [-0.3, -0.25) is 4.99 Å². The first kappa shape index (κ1) is 20.9.